The number of benzene rings is 2. The van der Waals surface area contributed by atoms with Gasteiger partial charge in [0.05, 0.1) is 7.11 Å². The molecule has 0 fully saturated rings. The van der Waals surface area contributed by atoms with E-state index in [0.717, 1.165) is 24.2 Å². The Morgan fingerprint density at radius 1 is 0.926 bits per heavy atom. The van der Waals surface area contributed by atoms with E-state index in [1.807, 2.05) is 48.5 Å². The Kier molecular flexibility index (Phi) is 7.86. The summed E-state index contributed by atoms with van der Waals surface area (Å²) in [6.07, 6.45) is 2.94. The number of hydrogen-bond donors (Lipinski definition) is 1. The van der Waals surface area contributed by atoms with Crippen molar-refractivity contribution in [3.63, 3.8) is 0 Å². The summed E-state index contributed by atoms with van der Waals surface area (Å²) in [6, 6.07) is 15.4. The fourth-order valence-electron chi connectivity index (χ4n) is 2.73. The summed E-state index contributed by atoms with van der Waals surface area (Å²) in [4.78, 5) is 25.4. The molecule has 0 unspecified atom stereocenters. The van der Waals surface area contributed by atoms with Gasteiger partial charge >= 0.3 is 0 Å². The van der Waals surface area contributed by atoms with Crippen LogP contribution >= 0.6 is 0 Å². The summed E-state index contributed by atoms with van der Waals surface area (Å²) >= 11 is 0. The Morgan fingerprint density at radius 2 is 1.52 bits per heavy atom. The lowest BCUT2D eigenvalue weighted by molar-refractivity contribution is -0.121. The van der Waals surface area contributed by atoms with E-state index in [0.29, 0.717) is 24.9 Å². The lowest BCUT2D eigenvalue weighted by atomic mass is 10.1. The summed E-state index contributed by atoms with van der Waals surface area (Å²) in [5.74, 6) is 0.889. The molecule has 2 aromatic rings. The average Bonchev–Trinajstić information content (AvgIpc) is 2.70. The van der Waals surface area contributed by atoms with E-state index >= 15 is 0 Å². The van der Waals surface area contributed by atoms with Crippen LogP contribution in [-0.2, 0) is 17.6 Å². The van der Waals surface area contributed by atoms with Crippen LogP contribution in [0.3, 0.4) is 0 Å². The number of aryl methyl sites for hydroxylation is 2. The Morgan fingerprint density at radius 3 is 2.11 bits per heavy atom. The Labute approximate surface area is 161 Å². The van der Waals surface area contributed by atoms with E-state index in [-0.39, 0.29) is 11.8 Å². The molecule has 5 nitrogen and oxygen atoms in total. The third kappa shape index (κ3) is 6.77. The van der Waals surface area contributed by atoms with Crippen molar-refractivity contribution in [2.45, 2.75) is 25.7 Å². The molecule has 0 atom stereocenters. The first kappa shape index (κ1) is 20.5. The molecular formula is C22H28N2O3. The highest BCUT2D eigenvalue weighted by molar-refractivity contribution is 5.93. The minimum absolute atomic E-state index is 0.0175. The fraction of sp³-hybridized carbons (Fsp3) is 0.364. The van der Waals surface area contributed by atoms with E-state index in [2.05, 4.69) is 5.32 Å². The van der Waals surface area contributed by atoms with Crippen LogP contribution in [0.4, 0.5) is 0 Å². The van der Waals surface area contributed by atoms with Gasteiger partial charge in [0.1, 0.15) is 5.75 Å². The number of rotatable bonds is 9. The molecule has 144 valence electrons. The maximum atomic E-state index is 12.0. The van der Waals surface area contributed by atoms with Gasteiger partial charge in [-0.25, -0.2) is 0 Å². The molecule has 0 radical (unpaired) electrons. The van der Waals surface area contributed by atoms with E-state index in [4.69, 9.17) is 4.74 Å². The van der Waals surface area contributed by atoms with Crippen molar-refractivity contribution in [1.29, 1.82) is 0 Å². The van der Waals surface area contributed by atoms with Crippen molar-refractivity contribution in [2.75, 3.05) is 27.7 Å². The zero-order chi connectivity index (χ0) is 19.6. The van der Waals surface area contributed by atoms with Gasteiger partial charge in [0, 0.05) is 32.6 Å². The van der Waals surface area contributed by atoms with Crippen molar-refractivity contribution in [3.8, 4) is 5.75 Å². The summed E-state index contributed by atoms with van der Waals surface area (Å²) < 4.78 is 5.14. The second kappa shape index (κ2) is 10.4. The SMILES string of the molecule is COc1ccc(CCCNC(=O)CCc2ccc(C(=O)N(C)C)cc2)cc1. The summed E-state index contributed by atoms with van der Waals surface area (Å²) in [5, 5.41) is 2.97. The normalized spacial score (nSPS) is 10.3. The van der Waals surface area contributed by atoms with Gasteiger partial charge in [-0.1, -0.05) is 24.3 Å². The number of hydrogen-bond acceptors (Lipinski definition) is 3. The Bertz CT molecular complexity index is 737. The maximum absolute atomic E-state index is 12.0. The molecule has 0 spiro atoms. The Balaban J connectivity index is 1.66. The number of carbonyl (C=O) groups excluding carboxylic acids is 2. The van der Waals surface area contributed by atoms with Crippen LogP contribution in [0.2, 0.25) is 0 Å². The molecule has 5 heteroatoms. The summed E-state index contributed by atoms with van der Waals surface area (Å²) in [7, 11) is 5.12. The van der Waals surface area contributed by atoms with Crippen LogP contribution in [-0.4, -0.2) is 44.5 Å². The van der Waals surface area contributed by atoms with E-state index in [9.17, 15) is 9.59 Å². The van der Waals surface area contributed by atoms with Gasteiger partial charge in [0.15, 0.2) is 0 Å². The van der Waals surface area contributed by atoms with Crippen LogP contribution in [0.15, 0.2) is 48.5 Å². The number of methoxy groups -OCH3 is 1. The molecule has 2 aromatic carbocycles. The van der Waals surface area contributed by atoms with Crippen molar-refractivity contribution < 1.29 is 14.3 Å². The molecular weight excluding hydrogens is 340 g/mol. The van der Waals surface area contributed by atoms with Crippen molar-refractivity contribution >= 4 is 11.8 Å². The van der Waals surface area contributed by atoms with E-state index in [1.54, 1.807) is 26.1 Å². The van der Waals surface area contributed by atoms with Gasteiger partial charge in [-0.3, -0.25) is 9.59 Å². The monoisotopic (exact) mass is 368 g/mol. The maximum Gasteiger partial charge on any atom is 0.253 e. The van der Waals surface area contributed by atoms with Crippen LogP contribution < -0.4 is 10.1 Å². The summed E-state index contributed by atoms with van der Waals surface area (Å²) in [6.45, 7) is 0.668. The number of amides is 2. The first-order valence-electron chi connectivity index (χ1n) is 9.20. The molecule has 0 saturated carbocycles. The molecule has 0 aliphatic heterocycles. The number of nitrogens with zero attached hydrogens (tertiary/aromatic N) is 1. The smallest absolute Gasteiger partial charge is 0.253 e. The molecule has 0 aliphatic rings. The molecule has 0 aliphatic carbocycles. The minimum atomic E-state index is -0.0175. The molecule has 2 rings (SSSR count). The molecule has 27 heavy (non-hydrogen) atoms. The Hall–Kier alpha value is -2.82. The number of nitrogens with one attached hydrogen (secondary N) is 1. The largest absolute Gasteiger partial charge is 0.497 e. The van der Waals surface area contributed by atoms with Gasteiger partial charge in [-0.05, 0) is 54.7 Å². The third-order valence-corrected chi connectivity index (χ3v) is 4.37. The highest BCUT2D eigenvalue weighted by atomic mass is 16.5. The predicted octanol–water partition coefficient (Wildman–Crippen LogP) is 3.08. The minimum Gasteiger partial charge on any atom is -0.497 e. The van der Waals surface area contributed by atoms with E-state index in [1.165, 1.54) is 5.56 Å². The average molecular weight is 368 g/mol. The molecule has 0 bridgehead atoms. The zero-order valence-electron chi connectivity index (χ0n) is 16.3. The first-order chi connectivity index (χ1) is 13.0. The van der Waals surface area contributed by atoms with E-state index < -0.39 is 0 Å². The fourth-order valence-corrected chi connectivity index (χ4v) is 2.73. The lowest BCUT2D eigenvalue weighted by Crippen LogP contribution is -2.25. The molecule has 2 amide bonds. The topological polar surface area (TPSA) is 58.6 Å². The van der Waals surface area contributed by atoms with Gasteiger partial charge in [0.2, 0.25) is 5.91 Å². The van der Waals surface area contributed by atoms with Crippen LogP contribution in [0.1, 0.15) is 34.3 Å². The predicted molar refractivity (Wildman–Crippen MR) is 107 cm³/mol. The van der Waals surface area contributed by atoms with Crippen molar-refractivity contribution in [2.24, 2.45) is 0 Å². The molecule has 1 N–H and O–H groups in total. The second-order valence-corrected chi connectivity index (χ2v) is 6.70. The molecule has 0 heterocycles. The lowest BCUT2D eigenvalue weighted by Gasteiger charge is -2.10. The quantitative estimate of drug-likeness (QED) is 0.692. The van der Waals surface area contributed by atoms with Crippen LogP contribution in [0, 0.1) is 0 Å². The summed E-state index contributed by atoms with van der Waals surface area (Å²) in [5.41, 5.74) is 2.95. The number of carbonyl (C=O) groups is 2. The van der Waals surface area contributed by atoms with Gasteiger partial charge in [-0.15, -0.1) is 0 Å². The van der Waals surface area contributed by atoms with Crippen LogP contribution in [0.25, 0.3) is 0 Å². The first-order valence-corrected chi connectivity index (χ1v) is 9.20. The van der Waals surface area contributed by atoms with Gasteiger partial charge in [-0.2, -0.15) is 0 Å². The second-order valence-electron chi connectivity index (χ2n) is 6.70. The highest BCUT2D eigenvalue weighted by Gasteiger charge is 2.08. The molecule has 0 aromatic heterocycles. The molecule has 0 saturated heterocycles. The van der Waals surface area contributed by atoms with Crippen molar-refractivity contribution in [3.05, 3.63) is 65.2 Å². The van der Waals surface area contributed by atoms with Gasteiger partial charge < -0.3 is 15.0 Å². The highest BCUT2D eigenvalue weighted by Crippen LogP contribution is 2.12. The zero-order valence-corrected chi connectivity index (χ0v) is 16.3. The third-order valence-electron chi connectivity index (χ3n) is 4.37. The van der Waals surface area contributed by atoms with Gasteiger partial charge in [0.25, 0.3) is 5.91 Å². The standard InChI is InChI=1S/C22H28N2O3/c1-24(2)22(26)19-11-6-18(7-12-19)10-15-21(25)23-16-4-5-17-8-13-20(27-3)14-9-17/h6-9,11-14H,4-5,10,15-16H2,1-3H3,(H,23,25). The van der Waals surface area contributed by atoms with Crippen LogP contribution in [0.5, 0.6) is 5.75 Å². The van der Waals surface area contributed by atoms with Crippen molar-refractivity contribution in [1.82, 2.24) is 10.2 Å². The number of ether oxygens (including phenoxy) is 1.